The first kappa shape index (κ1) is 15.5. The van der Waals surface area contributed by atoms with E-state index in [9.17, 15) is 4.79 Å². The predicted octanol–water partition coefficient (Wildman–Crippen LogP) is 3.11. The van der Waals surface area contributed by atoms with Crippen molar-refractivity contribution in [3.8, 4) is 0 Å². The van der Waals surface area contributed by atoms with Gasteiger partial charge in [-0.2, -0.15) is 0 Å². The maximum atomic E-state index is 12.3. The van der Waals surface area contributed by atoms with Gasteiger partial charge in [0.15, 0.2) is 0 Å². The Balaban J connectivity index is 1.82. The molecular weight excluding hydrogens is 316 g/mol. The molecule has 0 radical (unpaired) electrons. The number of aryl methyl sites for hydroxylation is 1. The van der Waals surface area contributed by atoms with Crippen molar-refractivity contribution in [3.05, 3.63) is 34.3 Å². The van der Waals surface area contributed by atoms with E-state index in [4.69, 9.17) is 5.73 Å². The third-order valence-corrected chi connectivity index (χ3v) is 4.87. The third-order valence-electron chi connectivity index (χ3n) is 4.34. The van der Waals surface area contributed by atoms with Crippen LogP contribution in [0.25, 0.3) is 0 Å². The molecule has 3 nitrogen and oxygen atoms in total. The van der Waals surface area contributed by atoms with E-state index in [0.29, 0.717) is 6.42 Å². The van der Waals surface area contributed by atoms with Crippen LogP contribution in [-0.2, 0) is 11.2 Å². The van der Waals surface area contributed by atoms with Crippen LogP contribution >= 0.6 is 15.9 Å². The van der Waals surface area contributed by atoms with Crippen molar-refractivity contribution >= 4 is 21.8 Å². The Labute approximate surface area is 129 Å². The number of rotatable bonds is 4. The lowest BCUT2D eigenvalue weighted by molar-refractivity contribution is -0.134. The lowest BCUT2D eigenvalue weighted by atomic mass is 9.96. The summed E-state index contributed by atoms with van der Waals surface area (Å²) in [6, 6.07) is 8.38. The lowest BCUT2D eigenvalue weighted by Gasteiger charge is -2.34. The van der Waals surface area contributed by atoms with Crippen molar-refractivity contribution in [1.29, 1.82) is 0 Å². The summed E-state index contributed by atoms with van der Waals surface area (Å²) in [6.45, 7) is 4.93. The first-order valence-corrected chi connectivity index (χ1v) is 8.01. The second-order valence-corrected chi connectivity index (χ2v) is 6.99. The second kappa shape index (κ2) is 6.27. The van der Waals surface area contributed by atoms with Crippen LogP contribution in [0.1, 0.15) is 38.7 Å². The van der Waals surface area contributed by atoms with E-state index in [1.807, 2.05) is 17.0 Å². The van der Waals surface area contributed by atoms with Crippen LogP contribution in [0.4, 0.5) is 0 Å². The first-order valence-electron chi connectivity index (χ1n) is 7.22. The summed E-state index contributed by atoms with van der Waals surface area (Å²) < 4.78 is 1.09. The molecule has 1 saturated heterocycles. The Morgan fingerprint density at radius 3 is 2.60 bits per heavy atom. The average molecular weight is 339 g/mol. The number of amides is 1. The van der Waals surface area contributed by atoms with Gasteiger partial charge >= 0.3 is 0 Å². The zero-order chi connectivity index (χ0) is 14.8. The maximum absolute atomic E-state index is 12.3. The van der Waals surface area contributed by atoms with E-state index in [1.54, 1.807) is 0 Å². The van der Waals surface area contributed by atoms with Crippen molar-refractivity contribution in [2.24, 2.45) is 5.73 Å². The minimum atomic E-state index is -0.200. The van der Waals surface area contributed by atoms with Crippen molar-refractivity contribution in [2.75, 3.05) is 6.54 Å². The van der Waals surface area contributed by atoms with E-state index in [1.165, 1.54) is 5.56 Å². The van der Waals surface area contributed by atoms with Gasteiger partial charge in [0.05, 0.1) is 5.54 Å². The molecule has 20 heavy (non-hydrogen) atoms. The number of carbonyl (C=O) groups is 1. The number of nitrogens with zero attached hydrogens (tertiary/aromatic N) is 1. The van der Waals surface area contributed by atoms with Crippen LogP contribution in [0.2, 0.25) is 0 Å². The molecule has 1 atom stereocenters. The number of likely N-dealkylation sites (tertiary alicyclic amines) is 1. The fraction of sp³-hybridized carbons (Fsp3) is 0.562. The molecule has 1 heterocycles. The Morgan fingerprint density at radius 1 is 1.40 bits per heavy atom. The van der Waals surface area contributed by atoms with E-state index in [2.05, 4.69) is 41.9 Å². The van der Waals surface area contributed by atoms with E-state index in [0.717, 1.165) is 30.3 Å². The topological polar surface area (TPSA) is 46.3 Å². The van der Waals surface area contributed by atoms with Gasteiger partial charge in [-0.3, -0.25) is 4.79 Å². The Kier molecular flexibility index (Phi) is 4.86. The number of hydrogen-bond acceptors (Lipinski definition) is 2. The third kappa shape index (κ3) is 3.41. The molecule has 0 bridgehead atoms. The van der Waals surface area contributed by atoms with Crippen molar-refractivity contribution < 1.29 is 4.79 Å². The molecule has 1 unspecified atom stereocenters. The number of halogens is 1. The first-order chi connectivity index (χ1) is 9.41. The SMILES string of the molecule is CC1(C)C(N)CCN1C(=O)CCCc1ccc(Br)cc1. The molecule has 1 aliphatic rings. The molecule has 0 aliphatic carbocycles. The largest absolute Gasteiger partial charge is 0.336 e. The van der Waals surface area contributed by atoms with Gasteiger partial charge in [-0.05, 0) is 50.8 Å². The highest BCUT2D eigenvalue weighted by molar-refractivity contribution is 9.10. The van der Waals surface area contributed by atoms with Crippen LogP contribution in [0.3, 0.4) is 0 Å². The van der Waals surface area contributed by atoms with Gasteiger partial charge < -0.3 is 10.6 Å². The summed E-state index contributed by atoms with van der Waals surface area (Å²) in [4.78, 5) is 14.3. The summed E-state index contributed by atoms with van der Waals surface area (Å²) in [5.41, 5.74) is 7.15. The summed E-state index contributed by atoms with van der Waals surface area (Å²) >= 11 is 3.43. The van der Waals surface area contributed by atoms with Crippen LogP contribution in [0.15, 0.2) is 28.7 Å². The number of carbonyl (C=O) groups excluding carboxylic acids is 1. The Morgan fingerprint density at radius 2 is 2.05 bits per heavy atom. The van der Waals surface area contributed by atoms with Gasteiger partial charge in [0.25, 0.3) is 0 Å². The fourth-order valence-corrected chi connectivity index (χ4v) is 3.05. The Bertz CT molecular complexity index is 470. The van der Waals surface area contributed by atoms with E-state index >= 15 is 0 Å². The van der Waals surface area contributed by atoms with Crippen LogP contribution in [0.5, 0.6) is 0 Å². The van der Waals surface area contributed by atoms with Gasteiger partial charge in [0.2, 0.25) is 5.91 Å². The van der Waals surface area contributed by atoms with E-state index in [-0.39, 0.29) is 17.5 Å². The molecule has 1 fully saturated rings. The van der Waals surface area contributed by atoms with Gasteiger partial charge in [-0.15, -0.1) is 0 Å². The number of hydrogen-bond donors (Lipinski definition) is 1. The van der Waals surface area contributed by atoms with E-state index < -0.39 is 0 Å². The zero-order valence-electron chi connectivity index (χ0n) is 12.2. The van der Waals surface area contributed by atoms with Crippen LogP contribution < -0.4 is 5.73 Å². The molecule has 1 aliphatic heterocycles. The lowest BCUT2D eigenvalue weighted by Crippen LogP contribution is -2.51. The number of nitrogens with two attached hydrogens (primary N) is 1. The minimum Gasteiger partial charge on any atom is -0.336 e. The summed E-state index contributed by atoms with van der Waals surface area (Å²) in [5, 5.41) is 0. The highest BCUT2D eigenvalue weighted by atomic mass is 79.9. The maximum Gasteiger partial charge on any atom is 0.223 e. The minimum absolute atomic E-state index is 0.0953. The van der Waals surface area contributed by atoms with Crippen LogP contribution in [-0.4, -0.2) is 28.9 Å². The molecule has 1 amide bonds. The molecule has 1 aromatic carbocycles. The quantitative estimate of drug-likeness (QED) is 0.916. The smallest absolute Gasteiger partial charge is 0.223 e. The van der Waals surface area contributed by atoms with Crippen molar-refractivity contribution in [1.82, 2.24) is 4.90 Å². The van der Waals surface area contributed by atoms with Crippen molar-refractivity contribution in [3.63, 3.8) is 0 Å². The van der Waals surface area contributed by atoms with Crippen molar-refractivity contribution in [2.45, 2.75) is 51.1 Å². The summed E-state index contributed by atoms with van der Waals surface area (Å²) in [7, 11) is 0. The molecule has 0 saturated carbocycles. The average Bonchev–Trinajstić information content (AvgIpc) is 2.66. The molecule has 0 aromatic heterocycles. The molecular formula is C16H23BrN2O. The van der Waals surface area contributed by atoms with Gasteiger partial charge in [0.1, 0.15) is 0 Å². The van der Waals surface area contributed by atoms with Gasteiger partial charge in [-0.25, -0.2) is 0 Å². The normalized spacial score (nSPS) is 21.2. The standard InChI is InChI=1S/C16H23BrN2O/c1-16(2)14(18)10-11-19(16)15(20)5-3-4-12-6-8-13(17)9-7-12/h6-9,14H,3-5,10-11,18H2,1-2H3. The molecule has 110 valence electrons. The molecule has 1 aromatic rings. The highest BCUT2D eigenvalue weighted by Crippen LogP contribution is 2.28. The molecule has 4 heteroatoms. The molecule has 2 rings (SSSR count). The fourth-order valence-electron chi connectivity index (χ4n) is 2.79. The Hall–Kier alpha value is -0.870. The summed E-state index contributed by atoms with van der Waals surface area (Å²) in [6.07, 6.45) is 3.35. The summed E-state index contributed by atoms with van der Waals surface area (Å²) in [5.74, 6) is 0.236. The monoisotopic (exact) mass is 338 g/mol. The molecule has 0 spiro atoms. The number of benzene rings is 1. The molecule has 2 N–H and O–H groups in total. The second-order valence-electron chi connectivity index (χ2n) is 6.07. The van der Waals surface area contributed by atoms with Gasteiger partial charge in [-0.1, -0.05) is 28.1 Å². The van der Waals surface area contributed by atoms with Crippen LogP contribution in [0, 0.1) is 0 Å². The predicted molar refractivity (Wildman–Crippen MR) is 85.5 cm³/mol. The highest BCUT2D eigenvalue weighted by Gasteiger charge is 2.41. The van der Waals surface area contributed by atoms with Gasteiger partial charge in [0, 0.05) is 23.5 Å². The zero-order valence-corrected chi connectivity index (χ0v) is 13.8.